The first-order chi connectivity index (χ1) is 7.66. The molecule has 1 aliphatic carbocycles. The molecule has 0 bridgehead atoms. The van der Waals surface area contributed by atoms with Crippen LogP contribution >= 0.6 is 0 Å². The third-order valence-electron chi connectivity index (χ3n) is 2.85. The minimum Gasteiger partial charge on any atom is -0.466 e. The zero-order valence-electron chi connectivity index (χ0n) is 9.25. The fraction of sp³-hybridized carbons (Fsp3) is 0.500. The van der Waals surface area contributed by atoms with Crippen molar-refractivity contribution in [2.75, 3.05) is 6.54 Å². The van der Waals surface area contributed by atoms with Crippen molar-refractivity contribution in [2.24, 2.45) is 5.41 Å². The molecule has 1 amide bonds. The number of carbonyl (C=O) groups is 1. The van der Waals surface area contributed by atoms with E-state index in [1.807, 2.05) is 19.1 Å². The zero-order chi connectivity index (χ0) is 11.6. The highest BCUT2D eigenvalue weighted by Crippen LogP contribution is 2.44. The van der Waals surface area contributed by atoms with Crippen molar-refractivity contribution in [3.05, 3.63) is 23.7 Å². The average molecular weight is 218 g/mol. The van der Waals surface area contributed by atoms with E-state index in [2.05, 4.69) is 11.4 Å². The minimum atomic E-state index is -0.723. The number of nitriles is 1. The summed E-state index contributed by atoms with van der Waals surface area (Å²) in [4.78, 5) is 11.6. The Morgan fingerprint density at radius 3 is 2.88 bits per heavy atom. The number of carbonyl (C=O) groups excluding carboxylic acids is 1. The van der Waals surface area contributed by atoms with Crippen LogP contribution in [0.15, 0.2) is 16.5 Å². The monoisotopic (exact) mass is 218 g/mol. The van der Waals surface area contributed by atoms with Crippen molar-refractivity contribution in [1.29, 1.82) is 5.26 Å². The number of nitrogens with one attached hydrogen (secondary N) is 1. The van der Waals surface area contributed by atoms with Gasteiger partial charge in [-0.2, -0.15) is 5.26 Å². The molecule has 1 saturated carbocycles. The van der Waals surface area contributed by atoms with E-state index in [9.17, 15) is 4.79 Å². The van der Waals surface area contributed by atoms with Crippen LogP contribution in [0.4, 0.5) is 0 Å². The topological polar surface area (TPSA) is 66.0 Å². The molecule has 0 saturated heterocycles. The molecule has 0 unspecified atom stereocenters. The molecule has 4 heteroatoms. The van der Waals surface area contributed by atoms with Crippen molar-refractivity contribution in [3.63, 3.8) is 0 Å². The molecule has 1 aromatic rings. The van der Waals surface area contributed by atoms with Crippen LogP contribution in [0.5, 0.6) is 0 Å². The molecule has 0 aliphatic heterocycles. The zero-order valence-corrected chi connectivity index (χ0v) is 9.25. The van der Waals surface area contributed by atoms with E-state index in [4.69, 9.17) is 9.68 Å². The Morgan fingerprint density at radius 2 is 2.38 bits per heavy atom. The van der Waals surface area contributed by atoms with Gasteiger partial charge in [-0.3, -0.25) is 4.79 Å². The maximum atomic E-state index is 11.6. The van der Waals surface area contributed by atoms with Gasteiger partial charge in [0.2, 0.25) is 5.91 Å². The summed E-state index contributed by atoms with van der Waals surface area (Å²) in [5.74, 6) is 1.59. The average Bonchev–Trinajstić information content (AvgIpc) is 2.98. The third kappa shape index (κ3) is 2.08. The second-order valence-corrected chi connectivity index (χ2v) is 4.21. The van der Waals surface area contributed by atoms with Crippen LogP contribution in [-0.2, 0) is 11.2 Å². The largest absolute Gasteiger partial charge is 0.466 e. The van der Waals surface area contributed by atoms with Crippen LogP contribution in [0.1, 0.15) is 24.4 Å². The first kappa shape index (κ1) is 10.7. The van der Waals surface area contributed by atoms with Gasteiger partial charge in [-0.25, -0.2) is 0 Å². The van der Waals surface area contributed by atoms with Gasteiger partial charge in [0.15, 0.2) is 0 Å². The molecule has 0 spiro atoms. The van der Waals surface area contributed by atoms with Crippen molar-refractivity contribution in [3.8, 4) is 6.07 Å². The number of aryl methyl sites for hydroxylation is 1. The molecule has 1 aliphatic rings. The van der Waals surface area contributed by atoms with E-state index in [0.717, 1.165) is 11.5 Å². The molecule has 16 heavy (non-hydrogen) atoms. The molecule has 2 rings (SSSR count). The van der Waals surface area contributed by atoms with E-state index in [1.165, 1.54) is 0 Å². The van der Waals surface area contributed by atoms with Gasteiger partial charge in [0, 0.05) is 13.0 Å². The third-order valence-corrected chi connectivity index (χ3v) is 2.85. The second kappa shape index (κ2) is 4.01. The highest BCUT2D eigenvalue weighted by molar-refractivity contribution is 5.88. The van der Waals surface area contributed by atoms with Crippen molar-refractivity contribution < 1.29 is 9.21 Å². The van der Waals surface area contributed by atoms with Gasteiger partial charge in [-0.15, -0.1) is 0 Å². The highest BCUT2D eigenvalue weighted by Gasteiger charge is 2.50. The van der Waals surface area contributed by atoms with Crippen molar-refractivity contribution >= 4 is 5.91 Å². The first-order valence-electron chi connectivity index (χ1n) is 5.41. The summed E-state index contributed by atoms with van der Waals surface area (Å²) in [6.07, 6.45) is 2.05. The lowest BCUT2D eigenvalue weighted by Gasteiger charge is -2.06. The first-order valence-corrected chi connectivity index (χ1v) is 5.41. The lowest BCUT2D eigenvalue weighted by Crippen LogP contribution is -2.32. The second-order valence-electron chi connectivity index (χ2n) is 4.21. The summed E-state index contributed by atoms with van der Waals surface area (Å²) in [5, 5.41) is 11.6. The van der Waals surface area contributed by atoms with Crippen LogP contribution in [-0.4, -0.2) is 12.5 Å². The number of hydrogen-bond donors (Lipinski definition) is 1. The molecule has 1 aromatic heterocycles. The molecule has 4 nitrogen and oxygen atoms in total. The van der Waals surface area contributed by atoms with Crippen LogP contribution in [0, 0.1) is 23.7 Å². The fourth-order valence-corrected chi connectivity index (χ4v) is 1.60. The molecule has 0 atom stereocenters. The number of furan rings is 1. The van der Waals surface area contributed by atoms with Crippen LogP contribution in [0.25, 0.3) is 0 Å². The fourth-order valence-electron chi connectivity index (χ4n) is 1.60. The van der Waals surface area contributed by atoms with Gasteiger partial charge < -0.3 is 9.73 Å². The Morgan fingerprint density at radius 1 is 1.62 bits per heavy atom. The maximum Gasteiger partial charge on any atom is 0.240 e. The molecular formula is C12H14N2O2. The molecular weight excluding hydrogens is 204 g/mol. The van der Waals surface area contributed by atoms with Gasteiger partial charge in [0.1, 0.15) is 16.9 Å². The van der Waals surface area contributed by atoms with E-state index in [0.29, 0.717) is 25.8 Å². The maximum absolute atomic E-state index is 11.6. The quantitative estimate of drug-likeness (QED) is 0.833. The molecule has 0 radical (unpaired) electrons. The van der Waals surface area contributed by atoms with Gasteiger partial charge in [0.25, 0.3) is 0 Å². The van der Waals surface area contributed by atoms with E-state index in [-0.39, 0.29) is 5.91 Å². The Balaban J connectivity index is 1.77. The Labute approximate surface area is 94.2 Å². The minimum absolute atomic E-state index is 0.140. The Hall–Kier alpha value is -1.76. The number of amides is 1. The number of rotatable bonds is 4. The van der Waals surface area contributed by atoms with Crippen LogP contribution in [0.2, 0.25) is 0 Å². The standard InChI is InChI=1S/C12H14N2O2/c1-9-2-3-10(16-9)4-7-14-11(15)12(8-13)5-6-12/h2-3H,4-7H2,1H3,(H,14,15). The number of nitrogens with zero attached hydrogens (tertiary/aromatic N) is 1. The van der Waals surface area contributed by atoms with Crippen LogP contribution in [0.3, 0.4) is 0 Å². The summed E-state index contributed by atoms with van der Waals surface area (Å²) >= 11 is 0. The smallest absolute Gasteiger partial charge is 0.240 e. The molecule has 1 N–H and O–H groups in total. The Bertz CT molecular complexity index is 438. The summed E-state index contributed by atoms with van der Waals surface area (Å²) in [6.45, 7) is 2.41. The van der Waals surface area contributed by atoms with Gasteiger partial charge >= 0.3 is 0 Å². The summed E-state index contributed by atoms with van der Waals surface area (Å²) < 4.78 is 5.38. The normalized spacial score (nSPS) is 16.5. The summed E-state index contributed by atoms with van der Waals surface area (Å²) in [6, 6.07) is 5.87. The summed E-state index contributed by atoms with van der Waals surface area (Å²) in [5.41, 5.74) is -0.723. The SMILES string of the molecule is Cc1ccc(CCNC(=O)C2(C#N)CC2)o1. The predicted molar refractivity (Wildman–Crippen MR) is 57.4 cm³/mol. The van der Waals surface area contributed by atoms with Crippen molar-refractivity contribution in [2.45, 2.75) is 26.2 Å². The Kier molecular flexibility index (Phi) is 2.69. The molecule has 1 heterocycles. The predicted octanol–water partition coefficient (Wildman–Crippen LogP) is 1.55. The van der Waals surface area contributed by atoms with E-state index < -0.39 is 5.41 Å². The number of hydrogen-bond acceptors (Lipinski definition) is 3. The van der Waals surface area contributed by atoms with E-state index >= 15 is 0 Å². The van der Waals surface area contributed by atoms with Crippen LogP contribution < -0.4 is 5.32 Å². The van der Waals surface area contributed by atoms with Crippen molar-refractivity contribution in [1.82, 2.24) is 5.32 Å². The van der Waals surface area contributed by atoms with E-state index in [1.54, 1.807) is 0 Å². The summed E-state index contributed by atoms with van der Waals surface area (Å²) in [7, 11) is 0. The molecule has 1 fully saturated rings. The van der Waals surface area contributed by atoms with Gasteiger partial charge in [-0.05, 0) is 31.9 Å². The lowest BCUT2D eigenvalue weighted by molar-refractivity contribution is -0.124. The van der Waals surface area contributed by atoms with Gasteiger partial charge in [0.05, 0.1) is 6.07 Å². The van der Waals surface area contributed by atoms with Gasteiger partial charge in [-0.1, -0.05) is 0 Å². The highest BCUT2D eigenvalue weighted by atomic mass is 16.3. The molecule has 0 aromatic carbocycles. The molecule has 84 valence electrons. The lowest BCUT2D eigenvalue weighted by atomic mass is 10.1.